The second kappa shape index (κ2) is 7.79. The molecular weight excluding hydrogens is 399 g/mol. The molecule has 0 unspecified atom stereocenters. The molecule has 0 bridgehead atoms. The Kier molecular flexibility index (Phi) is 6.05. The standard InChI is InChI=1S/C13H9BrCl2N2O2S/c14-12-4-2-9(21-12)6-17-18-13(19)7-20-11-3-1-8(15)5-10(11)16/h1-6H,7H2,(H,18,19). The Bertz CT molecular complexity index is 676. The van der Waals surface area contributed by atoms with Crippen LogP contribution in [0, 0.1) is 0 Å². The van der Waals surface area contributed by atoms with Crippen molar-refractivity contribution in [3.8, 4) is 5.75 Å². The van der Waals surface area contributed by atoms with E-state index in [0.717, 1.165) is 8.66 Å². The minimum Gasteiger partial charge on any atom is -0.482 e. The first-order valence-corrected chi connectivity index (χ1v) is 8.06. The fourth-order valence-electron chi connectivity index (χ4n) is 1.33. The molecule has 1 heterocycles. The first-order valence-electron chi connectivity index (χ1n) is 5.69. The number of carbonyl (C=O) groups is 1. The number of carbonyl (C=O) groups excluding carboxylic acids is 1. The molecule has 0 spiro atoms. The predicted octanol–water partition coefficient (Wildman–Crippen LogP) is 4.35. The zero-order valence-corrected chi connectivity index (χ0v) is 14.4. The summed E-state index contributed by atoms with van der Waals surface area (Å²) in [7, 11) is 0. The zero-order chi connectivity index (χ0) is 15.2. The molecule has 21 heavy (non-hydrogen) atoms. The third-order valence-corrected chi connectivity index (χ3v) is 4.32. The Morgan fingerprint density at radius 2 is 2.19 bits per heavy atom. The SMILES string of the molecule is O=C(COc1ccc(Cl)cc1Cl)NN=Cc1ccc(Br)s1. The van der Waals surface area contributed by atoms with Crippen molar-refractivity contribution >= 4 is 62.6 Å². The monoisotopic (exact) mass is 406 g/mol. The Hall–Kier alpha value is -1.08. The van der Waals surface area contributed by atoms with Crippen molar-refractivity contribution in [2.75, 3.05) is 6.61 Å². The van der Waals surface area contributed by atoms with Crippen LogP contribution < -0.4 is 10.2 Å². The molecule has 0 aliphatic carbocycles. The van der Waals surface area contributed by atoms with Gasteiger partial charge in [-0.1, -0.05) is 23.2 Å². The summed E-state index contributed by atoms with van der Waals surface area (Å²) in [5.74, 6) is 0.00951. The van der Waals surface area contributed by atoms with Gasteiger partial charge < -0.3 is 4.74 Å². The molecule has 2 rings (SSSR count). The van der Waals surface area contributed by atoms with E-state index in [9.17, 15) is 4.79 Å². The maximum absolute atomic E-state index is 11.6. The molecule has 1 aromatic heterocycles. The van der Waals surface area contributed by atoms with E-state index < -0.39 is 0 Å². The quantitative estimate of drug-likeness (QED) is 0.591. The number of nitrogens with zero attached hydrogens (tertiary/aromatic N) is 1. The number of hydrogen-bond acceptors (Lipinski definition) is 4. The van der Waals surface area contributed by atoms with Crippen molar-refractivity contribution in [2.45, 2.75) is 0 Å². The molecular formula is C13H9BrCl2N2O2S. The summed E-state index contributed by atoms with van der Waals surface area (Å²) in [6, 6.07) is 8.56. The van der Waals surface area contributed by atoms with Crippen molar-refractivity contribution in [3.63, 3.8) is 0 Å². The van der Waals surface area contributed by atoms with Crippen LogP contribution in [0.3, 0.4) is 0 Å². The molecule has 4 nitrogen and oxygen atoms in total. The lowest BCUT2D eigenvalue weighted by Crippen LogP contribution is -2.24. The van der Waals surface area contributed by atoms with Gasteiger partial charge in [-0.15, -0.1) is 11.3 Å². The average molecular weight is 408 g/mol. The van der Waals surface area contributed by atoms with E-state index in [2.05, 4.69) is 26.5 Å². The first kappa shape index (κ1) is 16.3. The highest BCUT2D eigenvalue weighted by molar-refractivity contribution is 9.11. The van der Waals surface area contributed by atoms with Gasteiger partial charge in [0.25, 0.3) is 5.91 Å². The first-order chi connectivity index (χ1) is 10.0. The van der Waals surface area contributed by atoms with Crippen LogP contribution >= 0.6 is 50.5 Å². The Labute approximate surface area is 143 Å². The van der Waals surface area contributed by atoms with Gasteiger partial charge >= 0.3 is 0 Å². The molecule has 0 saturated heterocycles. The van der Waals surface area contributed by atoms with Gasteiger partial charge in [-0.3, -0.25) is 4.79 Å². The Morgan fingerprint density at radius 3 is 2.86 bits per heavy atom. The summed E-state index contributed by atoms with van der Waals surface area (Å²) in [6.07, 6.45) is 1.56. The van der Waals surface area contributed by atoms with Crippen LogP contribution in [0.15, 0.2) is 39.2 Å². The highest BCUT2D eigenvalue weighted by atomic mass is 79.9. The number of ether oxygens (including phenoxy) is 1. The van der Waals surface area contributed by atoms with Crippen molar-refractivity contribution < 1.29 is 9.53 Å². The van der Waals surface area contributed by atoms with Gasteiger partial charge in [0.15, 0.2) is 6.61 Å². The van der Waals surface area contributed by atoms with E-state index in [1.807, 2.05) is 12.1 Å². The fraction of sp³-hybridized carbons (Fsp3) is 0.0769. The highest BCUT2D eigenvalue weighted by Gasteiger charge is 2.05. The molecule has 0 aliphatic rings. The summed E-state index contributed by atoms with van der Waals surface area (Å²) < 4.78 is 6.28. The van der Waals surface area contributed by atoms with Gasteiger partial charge in [-0.05, 0) is 46.3 Å². The maximum Gasteiger partial charge on any atom is 0.277 e. The largest absolute Gasteiger partial charge is 0.482 e. The molecule has 1 aromatic carbocycles. The van der Waals surface area contributed by atoms with Gasteiger partial charge in [0, 0.05) is 9.90 Å². The predicted molar refractivity (Wildman–Crippen MR) is 89.7 cm³/mol. The zero-order valence-electron chi connectivity index (χ0n) is 10.5. The molecule has 0 fully saturated rings. The van der Waals surface area contributed by atoms with Crippen LogP contribution in [0.1, 0.15) is 4.88 Å². The summed E-state index contributed by atoms with van der Waals surface area (Å²) >= 11 is 16.5. The summed E-state index contributed by atoms with van der Waals surface area (Å²) in [5.41, 5.74) is 2.37. The van der Waals surface area contributed by atoms with Crippen LogP contribution in [-0.4, -0.2) is 18.7 Å². The molecule has 0 radical (unpaired) electrons. The van der Waals surface area contributed by atoms with E-state index in [4.69, 9.17) is 27.9 Å². The number of thiophene rings is 1. The van der Waals surface area contributed by atoms with Gasteiger partial charge in [0.1, 0.15) is 5.75 Å². The number of amides is 1. The lowest BCUT2D eigenvalue weighted by molar-refractivity contribution is -0.123. The van der Waals surface area contributed by atoms with Crippen LogP contribution in [0.4, 0.5) is 0 Å². The minimum atomic E-state index is -0.382. The molecule has 0 atom stereocenters. The van der Waals surface area contributed by atoms with Crippen molar-refractivity contribution in [1.29, 1.82) is 0 Å². The van der Waals surface area contributed by atoms with Crippen LogP contribution in [-0.2, 0) is 4.79 Å². The van der Waals surface area contributed by atoms with E-state index >= 15 is 0 Å². The number of hydrogen-bond donors (Lipinski definition) is 1. The summed E-state index contributed by atoms with van der Waals surface area (Å²) in [5, 5.41) is 4.69. The molecule has 0 saturated carbocycles. The second-order valence-corrected chi connectivity index (χ2v) is 7.14. The molecule has 0 aliphatic heterocycles. The smallest absolute Gasteiger partial charge is 0.277 e. The third-order valence-electron chi connectivity index (χ3n) is 2.23. The third kappa shape index (κ3) is 5.32. The number of nitrogens with one attached hydrogen (secondary N) is 1. The molecule has 8 heteroatoms. The minimum absolute atomic E-state index is 0.188. The Morgan fingerprint density at radius 1 is 1.38 bits per heavy atom. The van der Waals surface area contributed by atoms with Crippen molar-refractivity contribution in [2.24, 2.45) is 5.10 Å². The number of hydrazone groups is 1. The normalized spacial score (nSPS) is 10.8. The maximum atomic E-state index is 11.6. The van der Waals surface area contributed by atoms with Crippen molar-refractivity contribution in [3.05, 3.63) is 49.0 Å². The fourth-order valence-corrected chi connectivity index (χ4v) is 3.09. The second-order valence-electron chi connectivity index (χ2n) is 3.80. The van der Waals surface area contributed by atoms with Crippen LogP contribution in [0.5, 0.6) is 5.75 Å². The number of halogens is 3. The van der Waals surface area contributed by atoms with E-state index in [1.54, 1.807) is 24.4 Å². The van der Waals surface area contributed by atoms with Gasteiger partial charge in [-0.25, -0.2) is 5.43 Å². The Balaban J connectivity index is 1.81. The molecule has 1 amide bonds. The molecule has 110 valence electrons. The lowest BCUT2D eigenvalue weighted by Gasteiger charge is -2.06. The lowest BCUT2D eigenvalue weighted by atomic mass is 10.3. The summed E-state index contributed by atoms with van der Waals surface area (Å²) in [6.45, 7) is -0.188. The van der Waals surface area contributed by atoms with Gasteiger partial charge in [0.2, 0.25) is 0 Å². The van der Waals surface area contributed by atoms with Crippen LogP contribution in [0.2, 0.25) is 10.0 Å². The van der Waals surface area contributed by atoms with E-state index in [1.165, 1.54) is 11.3 Å². The summed E-state index contributed by atoms with van der Waals surface area (Å²) in [4.78, 5) is 12.5. The average Bonchev–Trinajstić information content (AvgIpc) is 2.83. The highest BCUT2D eigenvalue weighted by Crippen LogP contribution is 2.27. The van der Waals surface area contributed by atoms with Gasteiger partial charge in [0.05, 0.1) is 15.0 Å². The number of benzene rings is 1. The van der Waals surface area contributed by atoms with E-state index in [0.29, 0.717) is 15.8 Å². The molecule has 2 aromatic rings. The van der Waals surface area contributed by atoms with Crippen LogP contribution in [0.25, 0.3) is 0 Å². The van der Waals surface area contributed by atoms with Crippen molar-refractivity contribution in [1.82, 2.24) is 5.43 Å². The van der Waals surface area contributed by atoms with E-state index in [-0.39, 0.29) is 12.5 Å². The molecule has 1 N–H and O–H groups in total. The number of rotatable bonds is 5. The topological polar surface area (TPSA) is 50.7 Å². The van der Waals surface area contributed by atoms with Gasteiger partial charge in [-0.2, -0.15) is 5.10 Å².